The monoisotopic (exact) mass is 434 g/mol. The van der Waals surface area contributed by atoms with Crippen molar-refractivity contribution in [3.05, 3.63) is 69.3 Å². The third-order valence-electron chi connectivity index (χ3n) is 5.59. The number of fused-ring (bicyclic) bond motifs is 2. The number of aliphatic hydroxyl groups excluding tert-OH is 1. The van der Waals surface area contributed by atoms with Crippen molar-refractivity contribution in [2.24, 2.45) is 0 Å². The standard InChI is InChI=1S/C21H13F3O7/c1-8(25)12-6-10(7-14-15(12)19(29)31-18(14)28)20(2,21(22,23)24)9-3-4-11-13(5-9)17(27)30-16(11)26/h3-8,25H,1-2H3. The van der Waals surface area contributed by atoms with Crippen LogP contribution in [0, 0.1) is 0 Å². The molecular weight excluding hydrogens is 421 g/mol. The van der Waals surface area contributed by atoms with Crippen molar-refractivity contribution in [2.45, 2.75) is 31.5 Å². The molecule has 10 heteroatoms. The van der Waals surface area contributed by atoms with Crippen molar-refractivity contribution in [3.8, 4) is 0 Å². The Hall–Kier alpha value is -3.53. The fourth-order valence-electron chi connectivity index (χ4n) is 3.75. The predicted molar refractivity (Wildman–Crippen MR) is 95.5 cm³/mol. The first kappa shape index (κ1) is 20.7. The van der Waals surface area contributed by atoms with E-state index in [1.54, 1.807) is 0 Å². The van der Waals surface area contributed by atoms with Crippen LogP contribution in [0.2, 0.25) is 0 Å². The molecule has 2 unspecified atom stereocenters. The van der Waals surface area contributed by atoms with Crippen LogP contribution < -0.4 is 0 Å². The molecule has 0 saturated carbocycles. The first-order valence-corrected chi connectivity index (χ1v) is 8.97. The molecule has 4 rings (SSSR count). The number of hydrogen-bond donors (Lipinski definition) is 1. The fourth-order valence-corrected chi connectivity index (χ4v) is 3.75. The average molecular weight is 434 g/mol. The maximum atomic E-state index is 14.4. The zero-order valence-electron chi connectivity index (χ0n) is 16.0. The van der Waals surface area contributed by atoms with Gasteiger partial charge in [-0.05, 0) is 48.7 Å². The summed E-state index contributed by atoms with van der Waals surface area (Å²) in [6, 6.07) is 4.87. The molecule has 1 N–H and O–H groups in total. The number of carbonyl (C=O) groups is 4. The molecule has 0 aromatic heterocycles. The smallest absolute Gasteiger partial charge is 0.389 e. The average Bonchev–Trinajstić information content (AvgIpc) is 3.14. The molecule has 0 aliphatic carbocycles. The zero-order chi connectivity index (χ0) is 22.9. The lowest BCUT2D eigenvalue weighted by atomic mass is 9.73. The molecule has 0 bridgehead atoms. The molecule has 0 amide bonds. The van der Waals surface area contributed by atoms with Gasteiger partial charge in [0.2, 0.25) is 0 Å². The molecule has 2 aromatic rings. The molecule has 0 spiro atoms. The maximum absolute atomic E-state index is 14.4. The summed E-state index contributed by atoms with van der Waals surface area (Å²) < 4.78 is 52.2. The first-order chi connectivity index (χ1) is 14.4. The third-order valence-corrected chi connectivity index (χ3v) is 5.59. The van der Waals surface area contributed by atoms with Crippen molar-refractivity contribution in [2.75, 3.05) is 0 Å². The quantitative estimate of drug-likeness (QED) is 0.584. The molecule has 2 aliphatic rings. The van der Waals surface area contributed by atoms with Crippen LogP contribution in [0.4, 0.5) is 13.2 Å². The van der Waals surface area contributed by atoms with Gasteiger partial charge in [0.1, 0.15) is 5.41 Å². The van der Waals surface area contributed by atoms with Gasteiger partial charge in [0, 0.05) is 0 Å². The Morgan fingerprint density at radius 3 is 1.97 bits per heavy atom. The summed E-state index contributed by atoms with van der Waals surface area (Å²) in [5, 5.41) is 10.0. The highest BCUT2D eigenvalue weighted by Gasteiger charge is 2.55. The van der Waals surface area contributed by atoms with Crippen molar-refractivity contribution < 1.29 is 46.9 Å². The van der Waals surface area contributed by atoms with E-state index in [1.807, 2.05) is 0 Å². The summed E-state index contributed by atoms with van der Waals surface area (Å²) in [5.41, 5.74) is -5.01. The molecule has 2 aromatic carbocycles. The van der Waals surface area contributed by atoms with Crippen LogP contribution in [0.15, 0.2) is 30.3 Å². The highest BCUT2D eigenvalue weighted by molar-refractivity contribution is 6.16. The second-order valence-electron chi connectivity index (χ2n) is 7.40. The molecule has 0 saturated heterocycles. The Bertz CT molecular complexity index is 1200. The molecule has 2 aliphatic heterocycles. The molecule has 160 valence electrons. The SMILES string of the molecule is CC(O)c1cc(C(C)(c2ccc3c(c2)C(=O)OC3=O)C(F)(F)F)cc2c1C(=O)OC2=O. The molecular formula is C21H13F3O7. The first-order valence-electron chi connectivity index (χ1n) is 8.97. The van der Waals surface area contributed by atoms with Crippen LogP contribution >= 0.6 is 0 Å². The minimum atomic E-state index is -4.94. The summed E-state index contributed by atoms with van der Waals surface area (Å²) in [5.74, 6) is -4.22. The van der Waals surface area contributed by atoms with E-state index in [0.29, 0.717) is 0 Å². The Morgan fingerprint density at radius 2 is 1.35 bits per heavy atom. The lowest BCUT2D eigenvalue weighted by Crippen LogP contribution is -2.41. The van der Waals surface area contributed by atoms with Crippen molar-refractivity contribution in [1.82, 2.24) is 0 Å². The summed E-state index contributed by atoms with van der Waals surface area (Å²) in [6.45, 7) is 2.06. The highest BCUT2D eigenvalue weighted by Crippen LogP contribution is 2.48. The van der Waals surface area contributed by atoms with Gasteiger partial charge in [-0.3, -0.25) is 0 Å². The van der Waals surface area contributed by atoms with Crippen molar-refractivity contribution in [3.63, 3.8) is 0 Å². The third kappa shape index (κ3) is 2.86. The predicted octanol–water partition coefficient (Wildman–Crippen LogP) is 3.23. The van der Waals surface area contributed by atoms with E-state index in [2.05, 4.69) is 9.47 Å². The van der Waals surface area contributed by atoms with E-state index >= 15 is 0 Å². The Balaban J connectivity index is 2.00. The Morgan fingerprint density at radius 1 is 0.806 bits per heavy atom. The summed E-state index contributed by atoms with van der Waals surface area (Å²) >= 11 is 0. The van der Waals surface area contributed by atoms with Gasteiger partial charge in [0.25, 0.3) is 0 Å². The van der Waals surface area contributed by atoms with Gasteiger partial charge in [0.15, 0.2) is 0 Å². The van der Waals surface area contributed by atoms with E-state index < -0.39 is 58.3 Å². The number of benzene rings is 2. The number of esters is 4. The molecule has 0 fully saturated rings. The van der Waals surface area contributed by atoms with Gasteiger partial charge in [-0.15, -0.1) is 0 Å². The van der Waals surface area contributed by atoms with Crippen LogP contribution in [-0.2, 0) is 14.9 Å². The minimum absolute atomic E-state index is 0.161. The minimum Gasteiger partial charge on any atom is -0.389 e. The van der Waals surface area contributed by atoms with Crippen molar-refractivity contribution in [1.29, 1.82) is 0 Å². The lowest BCUT2D eigenvalue weighted by molar-refractivity contribution is -0.173. The van der Waals surface area contributed by atoms with E-state index in [1.165, 1.54) is 6.92 Å². The van der Waals surface area contributed by atoms with E-state index in [4.69, 9.17) is 0 Å². The van der Waals surface area contributed by atoms with Gasteiger partial charge >= 0.3 is 30.1 Å². The molecule has 7 nitrogen and oxygen atoms in total. The van der Waals surface area contributed by atoms with Crippen molar-refractivity contribution >= 4 is 23.9 Å². The molecule has 0 radical (unpaired) electrons. The molecule has 2 heterocycles. The topological polar surface area (TPSA) is 107 Å². The number of hydrogen-bond acceptors (Lipinski definition) is 7. The van der Waals surface area contributed by atoms with E-state index in [-0.39, 0.29) is 22.3 Å². The number of aliphatic hydroxyl groups is 1. The lowest BCUT2D eigenvalue weighted by Gasteiger charge is -2.34. The van der Waals surface area contributed by atoms with Gasteiger partial charge in [-0.2, -0.15) is 13.2 Å². The van der Waals surface area contributed by atoms with Gasteiger partial charge < -0.3 is 14.6 Å². The van der Waals surface area contributed by atoms with Crippen LogP contribution in [0.25, 0.3) is 0 Å². The number of halogens is 3. The van der Waals surface area contributed by atoms with Gasteiger partial charge in [0.05, 0.1) is 28.4 Å². The number of alkyl halides is 3. The van der Waals surface area contributed by atoms with Gasteiger partial charge in [-0.1, -0.05) is 12.1 Å². The van der Waals surface area contributed by atoms with Crippen LogP contribution in [0.5, 0.6) is 0 Å². The summed E-state index contributed by atoms with van der Waals surface area (Å²) in [4.78, 5) is 47.5. The fraction of sp³-hybridized carbons (Fsp3) is 0.238. The Labute approximate surface area is 172 Å². The normalized spacial score (nSPS) is 18.3. The van der Waals surface area contributed by atoms with Gasteiger partial charge in [-0.25, -0.2) is 19.2 Å². The zero-order valence-corrected chi connectivity index (χ0v) is 16.0. The summed E-state index contributed by atoms with van der Waals surface area (Å²) in [7, 11) is 0. The van der Waals surface area contributed by atoms with Crippen LogP contribution in [-0.4, -0.2) is 35.2 Å². The Kier molecular flexibility index (Phi) is 4.33. The number of rotatable bonds is 3. The second kappa shape index (κ2) is 6.48. The second-order valence-corrected chi connectivity index (χ2v) is 7.40. The van der Waals surface area contributed by atoms with Crippen LogP contribution in [0.3, 0.4) is 0 Å². The highest BCUT2D eigenvalue weighted by atomic mass is 19.4. The summed E-state index contributed by atoms with van der Waals surface area (Å²) in [6.07, 6.45) is -6.32. The molecule has 2 atom stereocenters. The van der Waals surface area contributed by atoms with E-state index in [0.717, 1.165) is 37.3 Å². The maximum Gasteiger partial charge on any atom is 0.402 e. The number of carbonyl (C=O) groups excluding carboxylic acids is 4. The van der Waals surface area contributed by atoms with Crippen LogP contribution in [0.1, 0.15) is 78.1 Å². The number of ether oxygens (including phenoxy) is 2. The largest absolute Gasteiger partial charge is 0.402 e. The van der Waals surface area contributed by atoms with E-state index in [9.17, 15) is 37.5 Å². The molecule has 31 heavy (non-hydrogen) atoms. The number of cyclic esters (lactones) is 4.